The molecule has 0 radical (unpaired) electrons. The Hall–Kier alpha value is -3.39. The van der Waals surface area contributed by atoms with E-state index < -0.39 is 59.2 Å². The molecule has 0 aliphatic carbocycles. The van der Waals surface area contributed by atoms with Crippen LogP contribution < -0.4 is 15.0 Å². The second kappa shape index (κ2) is 10.9. The number of nitrogens with one attached hydrogen (secondary N) is 1. The van der Waals surface area contributed by atoms with Crippen molar-refractivity contribution in [3.63, 3.8) is 0 Å². The van der Waals surface area contributed by atoms with E-state index in [0.29, 0.717) is 19.2 Å². The van der Waals surface area contributed by atoms with Crippen LogP contribution in [-0.2, 0) is 14.3 Å². The highest BCUT2D eigenvalue weighted by atomic mass is 19.4. The molecule has 2 amide bonds. The zero-order valence-electron chi connectivity index (χ0n) is 22.1. The molecular formula is C26H28F6N4O4. The van der Waals surface area contributed by atoms with E-state index in [9.17, 15) is 35.9 Å². The van der Waals surface area contributed by atoms with Crippen LogP contribution in [0.5, 0.6) is 5.75 Å². The van der Waals surface area contributed by atoms with Gasteiger partial charge in [0, 0.05) is 48.4 Å². The van der Waals surface area contributed by atoms with Crippen molar-refractivity contribution in [2.45, 2.75) is 44.1 Å². The molecule has 40 heavy (non-hydrogen) atoms. The minimum Gasteiger partial charge on any atom is -0.496 e. The van der Waals surface area contributed by atoms with E-state index in [1.807, 2.05) is 4.90 Å². The first-order chi connectivity index (χ1) is 18.7. The molecule has 4 atom stereocenters. The second-order valence-electron chi connectivity index (χ2n) is 10.0. The number of rotatable bonds is 6. The Morgan fingerprint density at radius 3 is 2.55 bits per heavy atom. The minimum atomic E-state index is -4.94. The van der Waals surface area contributed by atoms with E-state index in [1.54, 1.807) is 7.05 Å². The van der Waals surface area contributed by atoms with Gasteiger partial charge in [0.05, 0.1) is 19.2 Å². The summed E-state index contributed by atoms with van der Waals surface area (Å²) < 4.78 is 94.8. The zero-order valence-corrected chi connectivity index (χ0v) is 22.1. The van der Waals surface area contributed by atoms with Gasteiger partial charge in [-0.15, -0.1) is 0 Å². The third-order valence-electron chi connectivity index (χ3n) is 7.58. The number of methoxy groups -OCH3 is 1. The fourth-order valence-corrected chi connectivity index (χ4v) is 5.20. The molecule has 2 aliphatic heterocycles. The number of benzene rings is 1. The standard InChI is InChI=1S/C26H28F6N4O4/c1-13-19(15-5-6-16(27)20(23(28)29)21(15)39-4)22(40-25(13,2)26(30,31)32)24(38)34-14-7-8-33-17(11-14)36-10-9-35(3)12-18(36)37/h5-8,11,13,19,22-23H,9-10,12H2,1-4H3,(H,33,34,38)/t13-,19-,22+,25+/m0/s1. The van der Waals surface area contributed by atoms with Gasteiger partial charge >= 0.3 is 6.18 Å². The molecule has 1 N–H and O–H groups in total. The summed E-state index contributed by atoms with van der Waals surface area (Å²) in [6.45, 7) is 3.02. The number of anilines is 2. The van der Waals surface area contributed by atoms with Crippen LogP contribution in [0.2, 0.25) is 0 Å². The predicted molar refractivity (Wildman–Crippen MR) is 132 cm³/mol. The summed E-state index contributed by atoms with van der Waals surface area (Å²) in [5.41, 5.74) is -4.07. The lowest BCUT2D eigenvalue weighted by atomic mass is 9.76. The number of aromatic nitrogens is 1. The average Bonchev–Trinajstić information content (AvgIpc) is 3.15. The zero-order chi connectivity index (χ0) is 29.6. The third kappa shape index (κ3) is 5.21. The fraction of sp³-hybridized carbons (Fsp3) is 0.500. The van der Waals surface area contributed by atoms with E-state index in [1.165, 1.54) is 30.2 Å². The third-order valence-corrected chi connectivity index (χ3v) is 7.58. The van der Waals surface area contributed by atoms with Crippen LogP contribution in [0.4, 0.5) is 37.8 Å². The van der Waals surface area contributed by atoms with E-state index in [-0.39, 0.29) is 29.5 Å². The first-order valence-electron chi connectivity index (χ1n) is 12.3. The predicted octanol–water partition coefficient (Wildman–Crippen LogP) is 4.52. The molecule has 14 heteroatoms. The maximum Gasteiger partial charge on any atom is 0.417 e. The molecule has 4 rings (SSSR count). The van der Waals surface area contributed by atoms with Gasteiger partial charge in [0.15, 0.2) is 5.60 Å². The normalized spacial score (nSPS) is 25.9. The Balaban J connectivity index is 1.72. The Kier molecular flexibility index (Phi) is 8.05. The number of nitrogens with zero attached hydrogens (tertiary/aromatic N) is 3. The molecule has 1 aromatic carbocycles. The van der Waals surface area contributed by atoms with Crippen molar-refractivity contribution in [3.8, 4) is 5.75 Å². The Labute approximate surface area is 226 Å². The number of carbonyl (C=O) groups excluding carboxylic acids is 2. The maximum absolute atomic E-state index is 14.3. The number of amides is 2. The van der Waals surface area contributed by atoms with Crippen LogP contribution in [0.3, 0.4) is 0 Å². The highest BCUT2D eigenvalue weighted by Gasteiger charge is 2.66. The summed E-state index contributed by atoms with van der Waals surface area (Å²) in [7, 11) is 2.77. The highest BCUT2D eigenvalue weighted by molar-refractivity contribution is 5.97. The van der Waals surface area contributed by atoms with Gasteiger partial charge in [-0.1, -0.05) is 13.0 Å². The number of carbonyl (C=O) groups is 2. The minimum absolute atomic E-state index is 0.122. The van der Waals surface area contributed by atoms with Gasteiger partial charge in [0.2, 0.25) is 5.91 Å². The van der Waals surface area contributed by atoms with Crippen LogP contribution in [0.25, 0.3) is 0 Å². The quantitative estimate of drug-likeness (QED) is 0.511. The van der Waals surface area contributed by atoms with Crippen molar-refractivity contribution < 1.29 is 45.4 Å². The van der Waals surface area contributed by atoms with Crippen LogP contribution in [-0.4, -0.2) is 73.4 Å². The lowest BCUT2D eigenvalue weighted by Crippen LogP contribution is -2.49. The molecule has 1 aromatic heterocycles. The van der Waals surface area contributed by atoms with Crippen molar-refractivity contribution in [1.29, 1.82) is 0 Å². The molecule has 8 nitrogen and oxygen atoms in total. The van der Waals surface area contributed by atoms with E-state index in [4.69, 9.17) is 9.47 Å². The molecule has 0 bridgehead atoms. The average molecular weight is 575 g/mol. The lowest BCUT2D eigenvalue weighted by molar-refractivity contribution is -0.272. The van der Waals surface area contributed by atoms with Gasteiger partial charge in [-0.3, -0.25) is 19.4 Å². The number of ether oxygens (including phenoxy) is 2. The number of hydrogen-bond donors (Lipinski definition) is 1. The van der Waals surface area contributed by atoms with Gasteiger partial charge in [-0.05, 0) is 26.1 Å². The van der Waals surface area contributed by atoms with E-state index >= 15 is 0 Å². The van der Waals surface area contributed by atoms with Crippen molar-refractivity contribution in [2.75, 3.05) is 44.0 Å². The van der Waals surface area contributed by atoms with Gasteiger partial charge in [0.25, 0.3) is 12.3 Å². The van der Waals surface area contributed by atoms with Crippen molar-refractivity contribution in [3.05, 3.63) is 47.4 Å². The van der Waals surface area contributed by atoms with Gasteiger partial charge in [0.1, 0.15) is 23.5 Å². The summed E-state index contributed by atoms with van der Waals surface area (Å²) in [4.78, 5) is 33.3. The summed E-state index contributed by atoms with van der Waals surface area (Å²) >= 11 is 0. The molecule has 218 valence electrons. The van der Waals surface area contributed by atoms with Gasteiger partial charge in [-0.25, -0.2) is 18.2 Å². The number of alkyl halides is 5. The fourth-order valence-electron chi connectivity index (χ4n) is 5.20. The highest BCUT2D eigenvalue weighted by Crippen LogP contribution is 2.55. The second-order valence-corrected chi connectivity index (χ2v) is 10.0. The number of pyridine rings is 1. The van der Waals surface area contributed by atoms with E-state index in [0.717, 1.165) is 20.1 Å². The Morgan fingerprint density at radius 1 is 1.25 bits per heavy atom. The molecule has 2 saturated heterocycles. The number of hydrogen-bond acceptors (Lipinski definition) is 6. The molecule has 0 spiro atoms. The lowest BCUT2D eigenvalue weighted by Gasteiger charge is -2.32. The molecule has 0 saturated carbocycles. The molecule has 0 unspecified atom stereocenters. The number of halogens is 6. The summed E-state index contributed by atoms with van der Waals surface area (Å²) in [6, 6.07) is 4.50. The number of piperazine rings is 1. The number of likely N-dealkylation sites (N-methyl/N-ethyl adjacent to an activating group) is 1. The summed E-state index contributed by atoms with van der Waals surface area (Å²) in [6.07, 6.45) is -8.77. The molecule has 3 heterocycles. The van der Waals surface area contributed by atoms with Crippen LogP contribution in [0, 0.1) is 11.7 Å². The monoisotopic (exact) mass is 574 g/mol. The first-order valence-corrected chi connectivity index (χ1v) is 12.3. The summed E-state index contributed by atoms with van der Waals surface area (Å²) in [5, 5.41) is 2.50. The maximum atomic E-state index is 14.3. The van der Waals surface area contributed by atoms with Gasteiger partial charge in [-0.2, -0.15) is 13.2 Å². The van der Waals surface area contributed by atoms with Crippen LogP contribution in [0.15, 0.2) is 30.5 Å². The first kappa shape index (κ1) is 29.6. The smallest absolute Gasteiger partial charge is 0.417 e. The van der Waals surface area contributed by atoms with Crippen molar-refractivity contribution in [1.82, 2.24) is 9.88 Å². The van der Waals surface area contributed by atoms with Crippen LogP contribution >= 0.6 is 0 Å². The Bertz CT molecular complexity index is 1290. The molecule has 2 fully saturated rings. The molecular weight excluding hydrogens is 546 g/mol. The van der Waals surface area contributed by atoms with E-state index in [2.05, 4.69) is 10.3 Å². The van der Waals surface area contributed by atoms with Crippen LogP contribution in [0.1, 0.15) is 37.3 Å². The van der Waals surface area contributed by atoms with Crippen molar-refractivity contribution in [2.24, 2.45) is 5.92 Å². The van der Waals surface area contributed by atoms with Crippen molar-refractivity contribution >= 4 is 23.3 Å². The largest absolute Gasteiger partial charge is 0.496 e. The SMILES string of the molecule is COc1c([C@H]2[C@H](C(=O)Nc3ccnc(N4CCN(C)CC4=O)c3)O[C@@](C)(C(F)(F)F)[C@H]2C)ccc(F)c1C(F)F. The molecule has 2 aliphatic rings. The van der Waals surface area contributed by atoms with Gasteiger partial charge < -0.3 is 14.8 Å². The Morgan fingerprint density at radius 2 is 1.95 bits per heavy atom. The topological polar surface area (TPSA) is 84.0 Å². The summed E-state index contributed by atoms with van der Waals surface area (Å²) in [5.74, 6) is -5.86. The molecule has 2 aromatic rings.